The van der Waals surface area contributed by atoms with Gasteiger partial charge in [0.15, 0.2) is 0 Å². The van der Waals surface area contributed by atoms with Crippen molar-refractivity contribution in [2.75, 3.05) is 6.54 Å². The quantitative estimate of drug-likeness (QED) is 0.828. The summed E-state index contributed by atoms with van der Waals surface area (Å²) in [6, 6.07) is 4.95. The van der Waals surface area contributed by atoms with E-state index in [4.69, 9.17) is 0 Å². The standard InChI is InChI=1S/C14H18BrNO4S/c1-10-4-5-12(11(15)8-10)21(19,20)16-9-14(13(17)18)6-2-3-7-14/h4-5,8,16H,2-3,6-7,9H2,1H3,(H,17,18). The molecule has 1 aromatic rings. The molecule has 1 saturated carbocycles. The van der Waals surface area contributed by atoms with Crippen molar-refractivity contribution in [2.24, 2.45) is 5.41 Å². The number of hydrogen-bond acceptors (Lipinski definition) is 3. The molecule has 0 atom stereocenters. The molecule has 2 N–H and O–H groups in total. The lowest BCUT2D eigenvalue weighted by atomic mass is 9.87. The highest BCUT2D eigenvalue weighted by atomic mass is 79.9. The van der Waals surface area contributed by atoms with Crippen LogP contribution in [0.5, 0.6) is 0 Å². The maximum Gasteiger partial charge on any atom is 0.310 e. The molecule has 7 heteroatoms. The molecule has 0 spiro atoms. The molecule has 1 aliphatic rings. The molecule has 0 unspecified atom stereocenters. The zero-order valence-corrected chi connectivity index (χ0v) is 14.1. The van der Waals surface area contributed by atoms with Crippen LogP contribution in [0.1, 0.15) is 31.2 Å². The van der Waals surface area contributed by atoms with Gasteiger partial charge in [-0.2, -0.15) is 0 Å². The van der Waals surface area contributed by atoms with Crippen molar-refractivity contribution in [3.05, 3.63) is 28.2 Å². The summed E-state index contributed by atoms with van der Waals surface area (Å²) >= 11 is 3.24. The van der Waals surface area contributed by atoms with E-state index in [1.165, 1.54) is 6.07 Å². The number of aliphatic carboxylic acids is 1. The zero-order chi connectivity index (χ0) is 15.7. The van der Waals surface area contributed by atoms with Crippen LogP contribution in [-0.4, -0.2) is 26.0 Å². The minimum atomic E-state index is -3.73. The summed E-state index contributed by atoms with van der Waals surface area (Å²) in [6.45, 7) is 1.80. The van der Waals surface area contributed by atoms with Crippen molar-refractivity contribution in [3.8, 4) is 0 Å². The highest BCUT2D eigenvalue weighted by Crippen LogP contribution is 2.38. The van der Waals surface area contributed by atoms with Gasteiger partial charge in [0.2, 0.25) is 10.0 Å². The van der Waals surface area contributed by atoms with Crippen molar-refractivity contribution in [1.29, 1.82) is 0 Å². The van der Waals surface area contributed by atoms with Gasteiger partial charge in [-0.05, 0) is 53.4 Å². The van der Waals surface area contributed by atoms with Crippen LogP contribution in [0.3, 0.4) is 0 Å². The third kappa shape index (κ3) is 3.46. The Morgan fingerprint density at radius 3 is 2.52 bits per heavy atom. The van der Waals surface area contributed by atoms with Crippen LogP contribution < -0.4 is 4.72 Å². The molecule has 1 aromatic carbocycles. The molecule has 116 valence electrons. The number of carbonyl (C=O) groups is 1. The molecule has 2 rings (SSSR count). The Labute approximate surface area is 132 Å². The second kappa shape index (κ2) is 6.06. The van der Waals surface area contributed by atoms with Gasteiger partial charge in [-0.1, -0.05) is 18.9 Å². The van der Waals surface area contributed by atoms with E-state index in [1.54, 1.807) is 12.1 Å². The van der Waals surface area contributed by atoms with Crippen molar-refractivity contribution in [1.82, 2.24) is 4.72 Å². The predicted molar refractivity (Wildman–Crippen MR) is 82.6 cm³/mol. The smallest absolute Gasteiger partial charge is 0.310 e. The number of carboxylic acids is 1. The maximum absolute atomic E-state index is 12.4. The van der Waals surface area contributed by atoms with Crippen LogP contribution in [0.2, 0.25) is 0 Å². The van der Waals surface area contributed by atoms with Crippen LogP contribution in [0.4, 0.5) is 0 Å². The van der Waals surface area contributed by atoms with Crippen LogP contribution in [0.25, 0.3) is 0 Å². The summed E-state index contributed by atoms with van der Waals surface area (Å²) in [4.78, 5) is 11.6. The first-order valence-corrected chi connectivity index (χ1v) is 9.04. The van der Waals surface area contributed by atoms with E-state index in [-0.39, 0.29) is 11.4 Å². The van der Waals surface area contributed by atoms with Crippen molar-refractivity contribution in [3.63, 3.8) is 0 Å². The summed E-state index contributed by atoms with van der Waals surface area (Å²) in [5.41, 5.74) is -0.0248. The lowest BCUT2D eigenvalue weighted by Gasteiger charge is -2.24. The molecule has 0 radical (unpaired) electrons. The molecule has 1 aliphatic carbocycles. The Kier molecular flexibility index (Phi) is 4.75. The van der Waals surface area contributed by atoms with Crippen LogP contribution in [-0.2, 0) is 14.8 Å². The van der Waals surface area contributed by atoms with E-state index < -0.39 is 21.4 Å². The summed E-state index contributed by atoms with van der Waals surface area (Å²) in [7, 11) is -3.73. The summed E-state index contributed by atoms with van der Waals surface area (Å²) < 4.78 is 27.6. The van der Waals surface area contributed by atoms with Gasteiger partial charge < -0.3 is 5.11 Å². The topological polar surface area (TPSA) is 83.5 Å². The van der Waals surface area contributed by atoms with Crippen molar-refractivity contribution in [2.45, 2.75) is 37.5 Å². The van der Waals surface area contributed by atoms with Crippen LogP contribution >= 0.6 is 15.9 Å². The van der Waals surface area contributed by atoms with Gasteiger partial charge >= 0.3 is 5.97 Å². The summed E-state index contributed by atoms with van der Waals surface area (Å²) in [5, 5.41) is 9.38. The van der Waals surface area contributed by atoms with Gasteiger partial charge in [-0.15, -0.1) is 0 Å². The van der Waals surface area contributed by atoms with Crippen LogP contribution in [0.15, 0.2) is 27.6 Å². The first-order valence-electron chi connectivity index (χ1n) is 6.76. The average molecular weight is 376 g/mol. The van der Waals surface area contributed by atoms with Gasteiger partial charge in [0.05, 0.1) is 10.3 Å². The van der Waals surface area contributed by atoms with Gasteiger partial charge in [-0.25, -0.2) is 13.1 Å². The van der Waals surface area contributed by atoms with E-state index in [1.807, 2.05) is 6.92 Å². The van der Waals surface area contributed by atoms with E-state index in [0.29, 0.717) is 17.3 Å². The van der Waals surface area contributed by atoms with Crippen molar-refractivity contribution >= 4 is 31.9 Å². The Balaban J connectivity index is 2.20. The second-order valence-corrected chi connectivity index (χ2v) is 8.14. The molecule has 0 aliphatic heterocycles. The number of halogens is 1. The number of sulfonamides is 1. The lowest BCUT2D eigenvalue weighted by molar-refractivity contribution is -0.148. The number of nitrogens with one attached hydrogen (secondary N) is 1. The summed E-state index contributed by atoms with van der Waals surface area (Å²) in [5.74, 6) is -0.925. The van der Waals surface area contributed by atoms with Crippen molar-refractivity contribution < 1.29 is 18.3 Å². The lowest BCUT2D eigenvalue weighted by Crippen LogP contribution is -2.41. The number of hydrogen-bond donors (Lipinski definition) is 2. The molecule has 0 bridgehead atoms. The van der Waals surface area contributed by atoms with Crippen LogP contribution in [0, 0.1) is 12.3 Å². The van der Waals surface area contributed by atoms with Gasteiger partial charge in [-0.3, -0.25) is 4.79 Å². The van der Waals surface area contributed by atoms with Gasteiger partial charge in [0, 0.05) is 11.0 Å². The number of aryl methyl sites for hydroxylation is 1. The molecule has 0 amide bonds. The molecule has 0 heterocycles. The van der Waals surface area contributed by atoms with Gasteiger partial charge in [0.1, 0.15) is 0 Å². The molecular formula is C14H18BrNO4S. The minimum Gasteiger partial charge on any atom is -0.481 e. The number of benzene rings is 1. The fraction of sp³-hybridized carbons (Fsp3) is 0.500. The Morgan fingerprint density at radius 2 is 2.00 bits per heavy atom. The van der Waals surface area contributed by atoms with E-state index in [2.05, 4.69) is 20.7 Å². The third-order valence-corrected chi connectivity index (χ3v) is 6.37. The van der Waals surface area contributed by atoms with Gasteiger partial charge in [0.25, 0.3) is 0 Å². The fourth-order valence-corrected chi connectivity index (χ4v) is 4.97. The third-order valence-electron chi connectivity index (χ3n) is 3.99. The second-order valence-electron chi connectivity index (χ2n) is 5.55. The molecule has 1 fully saturated rings. The number of rotatable bonds is 5. The zero-order valence-electron chi connectivity index (χ0n) is 11.7. The van der Waals surface area contributed by atoms with E-state index >= 15 is 0 Å². The Hall–Kier alpha value is -0.920. The molecular weight excluding hydrogens is 358 g/mol. The summed E-state index contributed by atoms with van der Waals surface area (Å²) in [6.07, 6.45) is 2.67. The maximum atomic E-state index is 12.4. The highest BCUT2D eigenvalue weighted by molar-refractivity contribution is 9.10. The normalized spacial score (nSPS) is 17.8. The largest absolute Gasteiger partial charge is 0.481 e. The Bertz CT molecular complexity index is 651. The van der Waals surface area contributed by atoms with E-state index in [9.17, 15) is 18.3 Å². The number of carboxylic acid groups (broad SMARTS) is 1. The molecule has 5 nitrogen and oxygen atoms in total. The fourth-order valence-electron chi connectivity index (χ4n) is 2.65. The minimum absolute atomic E-state index is 0.0645. The SMILES string of the molecule is Cc1ccc(S(=O)(=O)NCC2(C(=O)O)CCCC2)c(Br)c1. The first-order chi connectivity index (χ1) is 9.77. The predicted octanol–water partition coefficient (Wildman–Crippen LogP) is 2.68. The monoisotopic (exact) mass is 375 g/mol. The molecule has 0 saturated heterocycles. The Morgan fingerprint density at radius 1 is 1.38 bits per heavy atom. The molecule has 0 aromatic heterocycles. The molecule has 21 heavy (non-hydrogen) atoms. The average Bonchev–Trinajstić information content (AvgIpc) is 2.86. The first kappa shape index (κ1) is 16.5. The highest BCUT2D eigenvalue weighted by Gasteiger charge is 2.42. The van der Waals surface area contributed by atoms with E-state index in [0.717, 1.165) is 18.4 Å².